The molecule has 1 saturated heterocycles. The fourth-order valence-electron chi connectivity index (χ4n) is 2.49. The van der Waals surface area contributed by atoms with E-state index in [0.717, 1.165) is 17.0 Å². The second-order valence-electron chi connectivity index (χ2n) is 5.57. The van der Waals surface area contributed by atoms with Crippen molar-refractivity contribution in [3.05, 3.63) is 59.0 Å². The number of aliphatic imine (C=N–C) groups is 1. The van der Waals surface area contributed by atoms with Gasteiger partial charge in [0.2, 0.25) is 0 Å². The SMILES string of the molecule is CCOc1ccc(N=C2SC(=Cc3ccc(O)cc3)C(=O)N2CC)cc1. The highest BCUT2D eigenvalue weighted by Gasteiger charge is 2.32. The number of carbonyl (C=O) groups excluding carboxylic acids is 1. The monoisotopic (exact) mass is 368 g/mol. The number of amides is 1. The molecule has 1 N–H and O–H groups in total. The van der Waals surface area contributed by atoms with E-state index < -0.39 is 0 Å². The quantitative estimate of drug-likeness (QED) is 0.794. The second-order valence-corrected chi connectivity index (χ2v) is 6.58. The summed E-state index contributed by atoms with van der Waals surface area (Å²) >= 11 is 1.35. The van der Waals surface area contributed by atoms with Crippen LogP contribution in [0.2, 0.25) is 0 Å². The van der Waals surface area contributed by atoms with E-state index >= 15 is 0 Å². The van der Waals surface area contributed by atoms with Crippen molar-refractivity contribution in [2.24, 2.45) is 4.99 Å². The van der Waals surface area contributed by atoms with E-state index in [1.54, 1.807) is 29.2 Å². The molecule has 0 atom stereocenters. The fourth-order valence-corrected chi connectivity index (χ4v) is 3.55. The van der Waals surface area contributed by atoms with Gasteiger partial charge < -0.3 is 9.84 Å². The number of rotatable bonds is 5. The molecule has 0 bridgehead atoms. The number of phenols is 1. The molecule has 0 spiro atoms. The lowest BCUT2D eigenvalue weighted by Gasteiger charge is -2.12. The summed E-state index contributed by atoms with van der Waals surface area (Å²) in [6, 6.07) is 14.2. The Bertz CT molecular complexity index is 842. The molecule has 1 heterocycles. The third-order valence-electron chi connectivity index (χ3n) is 3.77. The first-order valence-electron chi connectivity index (χ1n) is 8.42. The van der Waals surface area contributed by atoms with Crippen LogP contribution >= 0.6 is 11.8 Å². The third-order valence-corrected chi connectivity index (χ3v) is 4.77. The minimum atomic E-state index is -0.0599. The van der Waals surface area contributed by atoms with Gasteiger partial charge in [-0.25, -0.2) is 4.99 Å². The van der Waals surface area contributed by atoms with Crippen molar-refractivity contribution in [3.8, 4) is 11.5 Å². The standard InChI is InChI=1S/C20H20N2O3S/c1-3-22-19(24)18(13-14-5-9-16(23)10-6-14)26-20(22)21-15-7-11-17(12-8-15)25-4-2/h5-13,23H,3-4H2,1-2H3. The Balaban J connectivity index is 1.85. The molecule has 2 aromatic rings. The van der Waals surface area contributed by atoms with Gasteiger partial charge >= 0.3 is 0 Å². The van der Waals surface area contributed by atoms with Crippen molar-refractivity contribution in [1.82, 2.24) is 4.90 Å². The van der Waals surface area contributed by atoms with Crippen LogP contribution in [0, 0.1) is 0 Å². The first-order chi connectivity index (χ1) is 12.6. The molecular formula is C20H20N2O3S. The Morgan fingerprint density at radius 3 is 2.42 bits per heavy atom. The summed E-state index contributed by atoms with van der Waals surface area (Å²) in [5.74, 6) is 0.938. The summed E-state index contributed by atoms with van der Waals surface area (Å²) in [4.78, 5) is 19.5. The molecule has 0 radical (unpaired) electrons. The van der Waals surface area contributed by atoms with Gasteiger partial charge in [0.05, 0.1) is 17.2 Å². The van der Waals surface area contributed by atoms with Crippen molar-refractivity contribution < 1.29 is 14.6 Å². The first-order valence-corrected chi connectivity index (χ1v) is 9.24. The van der Waals surface area contributed by atoms with Gasteiger partial charge in [-0.3, -0.25) is 9.69 Å². The van der Waals surface area contributed by atoms with Gasteiger partial charge in [-0.2, -0.15) is 0 Å². The van der Waals surface area contributed by atoms with Gasteiger partial charge in [0.1, 0.15) is 11.5 Å². The number of hydrogen-bond donors (Lipinski definition) is 1. The highest BCUT2D eigenvalue weighted by atomic mass is 32.2. The molecule has 5 nitrogen and oxygen atoms in total. The molecule has 0 unspecified atom stereocenters. The Morgan fingerprint density at radius 1 is 1.12 bits per heavy atom. The molecule has 26 heavy (non-hydrogen) atoms. The zero-order valence-electron chi connectivity index (χ0n) is 14.7. The van der Waals surface area contributed by atoms with Crippen molar-refractivity contribution >= 4 is 34.6 Å². The maximum absolute atomic E-state index is 12.6. The van der Waals surface area contributed by atoms with E-state index in [9.17, 15) is 9.90 Å². The van der Waals surface area contributed by atoms with Crippen LogP contribution in [0.1, 0.15) is 19.4 Å². The largest absolute Gasteiger partial charge is 0.508 e. The molecule has 0 aliphatic carbocycles. The van der Waals surface area contributed by atoms with E-state index in [1.807, 2.05) is 44.2 Å². The maximum Gasteiger partial charge on any atom is 0.266 e. The number of amidine groups is 1. The van der Waals surface area contributed by atoms with Gasteiger partial charge in [-0.15, -0.1) is 0 Å². The van der Waals surface area contributed by atoms with E-state index in [-0.39, 0.29) is 11.7 Å². The number of nitrogens with zero attached hydrogens (tertiary/aromatic N) is 2. The second kappa shape index (κ2) is 8.10. The molecule has 2 aromatic carbocycles. The normalized spacial score (nSPS) is 17.3. The lowest BCUT2D eigenvalue weighted by Crippen LogP contribution is -2.28. The molecule has 3 rings (SSSR count). The molecule has 1 amide bonds. The highest BCUT2D eigenvalue weighted by Crippen LogP contribution is 2.34. The summed E-state index contributed by atoms with van der Waals surface area (Å²) in [7, 11) is 0. The summed E-state index contributed by atoms with van der Waals surface area (Å²) in [6.45, 7) is 5.04. The van der Waals surface area contributed by atoms with Crippen molar-refractivity contribution in [1.29, 1.82) is 0 Å². The average Bonchev–Trinajstić information content (AvgIpc) is 2.93. The van der Waals surface area contributed by atoms with Gasteiger partial charge in [-0.1, -0.05) is 12.1 Å². The number of thioether (sulfide) groups is 1. The Hall–Kier alpha value is -2.73. The van der Waals surface area contributed by atoms with E-state index in [2.05, 4.69) is 4.99 Å². The number of aromatic hydroxyl groups is 1. The van der Waals surface area contributed by atoms with Crippen LogP contribution in [0.5, 0.6) is 11.5 Å². The van der Waals surface area contributed by atoms with Crippen LogP contribution in [0.3, 0.4) is 0 Å². The Morgan fingerprint density at radius 2 is 1.81 bits per heavy atom. The zero-order chi connectivity index (χ0) is 18.5. The summed E-state index contributed by atoms with van der Waals surface area (Å²) in [5, 5.41) is 10.0. The highest BCUT2D eigenvalue weighted by molar-refractivity contribution is 8.18. The lowest BCUT2D eigenvalue weighted by atomic mass is 10.2. The molecule has 0 aromatic heterocycles. The number of benzene rings is 2. The number of likely N-dealkylation sites (N-methyl/N-ethyl adjacent to an activating group) is 1. The summed E-state index contributed by atoms with van der Waals surface area (Å²) in [6.07, 6.45) is 1.82. The van der Waals surface area contributed by atoms with Gasteiger partial charge in [0.15, 0.2) is 5.17 Å². The number of hydrogen-bond acceptors (Lipinski definition) is 5. The maximum atomic E-state index is 12.6. The predicted octanol–water partition coefficient (Wildman–Crippen LogP) is 4.41. The molecule has 0 saturated carbocycles. The van der Waals surface area contributed by atoms with E-state index in [4.69, 9.17) is 4.74 Å². The minimum Gasteiger partial charge on any atom is -0.508 e. The lowest BCUT2D eigenvalue weighted by molar-refractivity contribution is -0.122. The third kappa shape index (κ3) is 4.08. The van der Waals surface area contributed by atoms with Crippen LogP contribution in [0.4, 0.5) is 5.69 Å². The van der Waals surface area contributed by atoms with Gasteiger partial charge in [0.25, 0.3) is 5.91 Å². The smallest absolute Gasteiger partial charge is 0.266 e. The molecule has 6 heteroatoms. The Kier molecular flexibility index (Phi) is 5.63. The van der Waals surface area contributed by atoms with Crippen molar-refractivity contribution in [2.75, 3.05) is 13.2 Å². The Labute approximate surface area is 157 Å². The average molecular weight is 368 g/mol. The molecule has 1 fully saturated rings. The van der Waals surface area contributed by atoms with Crippen LogP contribution in [0.25, 0.3) is 6.08 Å². The molecule has 134 valence electrons. The number of ether oxygens (including phenoxy) is 1. The number of carbonyl (C=O) groups is 1. The van der Waals surface area contributed by atoms with Crippen molar-refractivity contribution in [3.63, 3.8) is 0 Å². The van der Waals surface area contributed by atoms with Crippen LogP contribution in [-0.4, -0.2) is 34.2 Å². The fraction of sp³-hybridized carbons (Fsp3) is 0.200. The predicted molar refractivity (Wildman–Crippen MR) is 106 cm³/mol. The molecular weight excluding hydrogens is 348 g/mol. The van der Waals surface area contributed by atoms with Crippen LogP contribution < -0.4 is 4.74 Å². The van der Waals surface area contributed by atoms with E-state index in [0.29, 0.717) is 23.2 Å². The number of phenolic OH excluding ortho intramolecular Hbond substituents is 1. The van der Waals surface area contributed by atoms with Crippen molar-refractivity contribution in [2.45, 2.75) is 13.8 Å². The van der Waals surface area contributed by atoms with Crippen LogP contribution in [-0.2, 0) is 4.79 Å². The van der Waals surface area contributed by atoms with Crippen LogP contribution in [0.15, 0.2) is 58.4 Å². The van der Waals surface area contributed by atoms with E-state index in [1.165, 1.54) is 11.8 Å². The minimum absolute atomic E-state index is 0.0599. The summed E-state index contributed by atoms with van der Waals surface area (Å²) < 4.78 is 5.44. The first kappa shape index (κ1) is 18.1. The summed E-state index contributed by atoms with van der Waals surface area (Å²) in [5.41, 5.74) is 1.63. The topological polar surface area (TPSA) is 62.1 Å². The molecule has 1 aliphatic heterocycles. The van der Waals surface area contributed by atoms with Gasteiger partial charge in [-0.05, 0) is 73.6 Å². The van der Waals surface area contributed by atoms with Gasteiger partial charge in [0, 0.05) is 6.54 Å². The molecule has 1 aliphatic rings. The zero-order valence-corrected chi connectivity index (χ0v) is 15.5.